The minimum Gasteiger partial charge on any atom is -0.389 e. The summed E-state index contributed by atoms with van der Waals surface area (Å²) in [5.41, 5.74) is 7.47. The van der Waals surface area contributed by atoms with Gasteiger partial charge >= 0.3 is 0 Å². The van der Waals surface area contributed by atoms with Crippen LogP contribution in [-0.2, 0) is 4.74 Å². The molecule has 1 saturated heterocycles. The van der Waals surface area contributed by atoms with E-state index in [0.29, 0.717) is 16.9 Å². The van der Waals surface area contributed by atoms with Gasteiger partial charge in [-0.3, -0.25) is 0 Å². The largest absolute Gasteiger partial charge is 0.389 e. The fourth-order valence-corrected chi connectivity index (χ4v) is 2.57. The van der Waals surface area contributed by atoms with E-state index in [4.69, 9.17) is 22.7 Å². The van der Waals surface area contributed by atoms with E-state index >= 15 is 0 Å². The zero-order valence-corrected chi connectivity index (χ0v) is 12.3. The highest BCUT2D eigenvalue weighted by atomic mass is 32.1. The third-order valence-corrected chi connectivity index (χ3v) is 3.82. The van der Waals surface area contributed by atoms with Gasteiger partial charge < -0.3 is 15.8 Å². The lowest BCUT2D eigenvalue weighted by atomic mass is 9.93. The van der Waals surface area contributed by atoms with E-state index in [1.165, 1.54) is 0 Å². The molecule has 104 valence electrons. The van der Waals surface area contributed by atoms with Crippen molar-refractivity contribution in [2.45, 2.75) is 32.7 Å². The lowest BCUT2D eigenvalue weighted by Crippen LogP contribution is -2.31. The number of ether oxygens (including phenoxy) is 1. The van der Waals surface area contributed by atoms with E-state index in [2.05, 4.69) is 17.2 Å². The molecule has 0 saturated carbocycles. The molecule has 2 heterocycles. The molecule has 0 spiro atoms. The highest BCUT2D eigenvalue weighted by Gasteiger charge is 2.20. The maximum atomic E-state index is 5.68. The SMILES string of the molecule is Cc1cc(C(N)=S)cc(NC(C)C2CCOCC2)n1. The fraction of sp³-hybridized carbons (Fsp3) is 0.571. The second-order valence-corrected chi connectivity index (χ2v) is 5.57. The summed E-state index contributed by atoms with van der Waals surface area (Å²) in [7, 11) is 0. The predicted molar refractivity (Wildman–Crippen MR) is 81.5 cm³/mol. The van der Waals surface area contributed by atoms with Crippen LogP contribution in [0.5, 0.6) is 0 Å². The van der Waals surface area contributed by atoms with Gasteiger partial charge in [0, 0.05) is 30.5 Å². The van der Waals surface area contributed by atoms with Crippen molar-refractivity contribution < 1.29 is 4.74 Å². The molecule has 4 nitrogen and oxygen atoms in total. The van der Waals surface area contributed by atoms with Crippen molar-refractivity contribution in [2.75, 3.05) is 18.5 Å². The third-order valence-electron chi connectivity index (χ3n) is 3.59. The molecule has 0 bridgehead atoms. The van der Waals surface area contributed by atoms with Crippen LogP contribution in [0.3, 0.4) is 0 Å². The Morgan fingerprint density at radius 1 is 1.47 bits per heavy atom. The van der Waals surface area contributed by atoms with Gasteiger partial charge in [0.05, 0.1) is 0 Å². The summed E-state index contributed by atoms with van der Waals surface area (Å²) in [6, 6.07) is 4.20. The van der Waals surface area contributed by atoms with E-state index in [0.717, 1.165) is 43.1 Å². The highest BCUT2D eigenvalue weighted by molar-refractivity contribution is 7.80. The molecular weight excluding hydrogens is 258 g/mol. The minimum atomic E-state index is 0.373. The van der Waals surface area contributed by atoms with Crippen molar-refractivity contribution in [3.63, 3.8) is 0 Å². The van der Waals surface area contributed by atoms with Crippen molar-refractivity contribution in [3.8, 4) is 0 Å². The van der Waals surface area contributed by atoms with Crippen molar-refractivity contribution in [1.82, 2.24) is 4.98 Å². The van der Waals surface area contributed by atoms with Gasteiger partial charge in [0.15, 0.2) is 0 Å². The number of nitrogens with one attached hydrogen (secondary N) is 1. The molecule has 2 rings (SSSR count). The first kappa shape index (κ1) is 14.2. The van der Waals surface area contributed by atoms with Gasteiger partial charge in [0.2, 0.25) is 0 Å². The first-order valence-electron chi connectivity index (χ1n) is 6.69. The maximum absolute atomic E-state index is 5.68. The molecule has 19 heavy (non-hydrogen) atoms. The molecule has 5 heteroatoms. The number of hydrogen-bond acceptors (Lipinski definition) is 4. The van der Waals surface area contributed by atoms with E-state index in [1.807, 2.05) is 19.1 Å². The van der Waals surface area contributed by atoms with E-state index in [-0.39, 0.29) is 0 Å². The van der Waals surface area contributed by atoms with Gasteiger partial charge in [-0.15, -0.1) is 0 Å². The van der Waals surface area contributed by atoms with Crippen LogP contribution in [0.15, 0.2) is 12.1 Å². The summed E-state index contributed by atoms with van der Waals surface area (Å²) in [5.74, 6) is 1.48. The van der Waals surface area contributed by atoms with Crippen LogP contribution in [0.25, 0.3) is 0 Å². The van der Waals surface area contributed by atoms with Crippen LogP contribution < -0.4 is 11.1 Å². The summed E-state index contributed by atoms with van der Waals surface area (Å²) in [6.45, 7) is 5.86. The summed E-state index contributed by atoms with van der Waals surface area (Å²) in [6.07, 6.45) is 2.20. The van der Waals surface area contributed by atoms with E-state index < -0.39 is 0 Å². The third kappa shape index (κ3) is 3.88. The molecule has 1 fully saturated rings. The van der Waals surface area contributed by atoms with Crippen LogP contribution >= 0.6 is 12.2 Å². The van der Waals surface area contributed by atoms with Crippen molar-refractivity contribution in [2.24, 2.45) is 11.7 Å². The Morgan fingerprint density at radius 3 is 2.79 bits per heavy atom. The Hall–Kier alpha value is -1.20. The van der Waals surface area contributed by atoms with Gasteiger partial charge in [-0.25, -0.2) is 4.98 Å². The normalized spacial score (nSPS) is 18.0. The average Bonchev–Trinajstić information content (AvgIpc) is 2.39. The Kier molecular flexibility index (Phi) is 4.71. The van der Waals surface area contributed by atoms with Gasteiger partial charge in [-0.2, -0.15) is 0 Å². The van der Waals surface area contributed by atoms with Crippen LogP contribution in [0.2, 0.25) is 0 Å². The summed E-state index contributed by atoms with van der Waals surface area (Å²) in [4.78, 5) is 4.90. The topological polar surface area (TPSA) is 60.2 Å². The van der Waals surface area contributed by atoms with Crippen LogP contribution in [-0.4, -0.2) is 29.2 Å². The molecule has 1 aliphatic rings. The molecule has 0 amide bonds. The standard InChI is InChI=1S/C14H21N3OS/c1-9-7-12(14(15)19)8-13(16-9)17-10(2)11-3-5-18-6-4-11/h7-8,10-11H,3-6H2,1-2H3,(H2,15,19)(H,16,17). The number of hydrogen-bond donors (Lipinski definition) is 2. The lowest BCUT2D eigenvalue weighted by Gasteiger charge is -2.28. The maximum Gasteiger partial charge on any atom is 0.127 e. The van der Waals surface area contributed by atoms with Crippen LogP contribution in [0.4, 0.5) is 5.82 Å². The van der Waals surface area contributed by atoms with E-state index in [9.17, 15) is 0 Å². The number of aryl methyl sites for hydroxylation is 1. The summed E-state index contributed by atoms with van der Waals surface area (Å²) < 4.78 is 5.39. The summed E-state index contributed by atoms with van der Waals surface area (Å²) in [5, 5.41) is 3.47. The van der Waals surface area contributed by atoms with Crippen molar-refractivity contribution in [3.05, 3.63) is 23.4 Å². The summed E-state index contributed by atoms with van der Waals surface area (Å²) >= 11 is 5.03. The first-order chi connectivity index (χ1) is 9.06. The molecule has 1 atom stereocenters. The van der Waals surface area contributed by atoms with Crippen molar-refractivity contribution in [1.29, 1.82) is 0 Å². The second-order valence-electron chi connectivity index (χ2n) is 5.13. The molecule has 1 aromatic heterocycles. The first-order valence-corrected chi connectivity index (χ1v) is 7.10. The van der Waals surface area contributed by atoms with Crippen LogP contribution in [0.1, 0.15) is 31.0 Å². The van der Waals surface area contributed by atoms with E-state index in [1.54, 1.807) is 0 Å². The number of pyridine rings is 1. The molecule has 1 aliphatic heterocycles. The molecular formula is C14H21N3OS. The molecule has 1 aromatic rings. The van der Waals surface area contributed by atoms with Gasteiger partial charge in [-0.1, -0.05) is 12.2 Å². The molecule has 1 unspecified atom stereocenters. The molecule has 0 aromatic carbocycles. The number of nitrogens with two attached hydrogens (primary N) is 1. The van der Waals surface area contributed by atoms with Crippen molar-refractivity contribution >= 4 is 23.0 Å². The molecule has 0 aliphatic carbocycles. The Bertz CT molecular complexity index is 458. The quantitative estimate of drug-likeness (QED) is 0.828. The Morgan fingerprint density at radius 2 is 2.16 bits per heavy atom. The number of anilines is 1. The van der Waals surface area contributed by atoms with Gasteiger partial charge in [0.25, 0.3) is 0 Å². The molecule has 3 N–H and O–H groups in total. The molecule has 0 radical (unpaired) electrons. The zero-order chi connectivity index (χ0) is 13.8. The monoisotopic (exact) mass is 279 g/mol. The Balaban J connectivity index is 2.07. The highest BCUT2D eigenvalue weighted by Crippen LogP contribution is 2.21. The smallest absolute Gasteiger partial charge is 0.127 e. The minimum absolute atomic E-state index is 0.373. The number of rotatable bonds is 4. The second kappa shape index (κ2) is 6.30. The predicted octanol–water partition coefficient (Wildman–Crippen LogP) is 2.25. The number of aromatic nitrogens is 1. The Labute approximate surface area is 119 Å². The number of nitrogens with zero attached hydrogens (tertiary/aromatic N) is 1. The van der Waals surface area contributed by atoms with Gasteiger partial charge in [0.1, 0.15) is 10.8 Å². The zero-order valence-electron chi connectivity index (χ0n) is 11.5. The number of thiocarbonyl (C=S) groups is 1. The fourth-order valence-electron chi connectivity index (χ4n) is 2.45. The van der Waals surface area contributed by atoms with Gasteiger partial charge in [-0.05, 0) is 44.7 Å². The lowest BCUT2D eigenvalue weighted by molar-refractivity contribution is 0.0622. The average molecular weight is 279 g/mol. The van der Waals surface area contributed by atoms with Crippen LogP contribution in [0, 0.1) is 12.8 Å².